The first kappa shape index (κ1) is 23.7. The molecule has 0 aliphatic heterocycles. The zero-order chi connectivity index (χ0) is 22.5. The molecule has 0 heterocycles. The maximum atomic E-state index is 12.7. The molecular weight excluding hydrogens is 400 g/mol. The lowest BCUT2D eigenvalue weighted by Crippen LogP contribution is -2.32. The van der Waals surface area contributed by atoms with Gasteiger partial charge in [0.05, 0.1) is 16.1 Å². The topological polar surface area (TPSA) is 86.7 Å². The highest BCUT2D eigenvalue weighted by atomic mass is 32.2. The summed E-state index contributed by atoms with van der Waals surface area (Å²) < 4.78 is 28.0. The Morgan fingerprint density at radius 2 is 1.57 bits per heavy atom. The molecule has 2 aromatic rings. The number of nitrogens with zero attached hydrogens (tertiary/aromatic N) is 1. The number of benzene rings is 2. The first-order valence-corrected chi connectivity index (χ1v) is 11.8. The van der Waals surface area contributed by atoms with Gasteiger partial charge >= 0.3 is 5.97 Å². The van der Waals surface area contributed by atoms with Gasteiger partial charge in [-0.3, -0.25) is 4.72 Å². The Kier molecular flexibility index (Phi) is 7.89. The van der Waals surface area contributed by atoms with Gasteiger partial charge < -0.3 is 10.0 Å². The number of hydrogen-bond donors (Lipinski definition) is 2. The van der Waals surface area contributed by atoms with Crippen LogP contribution in [0.25, 0.3) is 0 Å². The lowest BCUT2D eigenvalue weighted by atomic mass is 10.1. The number of carboxylic acid groups (broad SMARTS) is 1. The molecule has 0 saturated carbocycles. The zero-order valence-electron chi connectivity index (χ0n) is 18.3. The molecule has 0 fully saturated rings. The van der Waals surface area contributed by atoms with Crippen LogP contribution in [-0.2, 0) is 16.4 Å². The Bertz CT molecular complexity index is 957. The van der Waals surface area contributed by atoms with Gasteiger partial charge in [0.15, 0.2) is 0 Å². The third-order valence-corrected chi connectivity index (χ3v) is 6.03. The molecule has 0 bridgehead atoms. The van der Waals surface area contributed by atoms with E-state index in [0.717, 1.165) is 12.0 Å². The van der Waals surface area contributed by atoms with Gasteiger partial charge in [-0.05, 0) is 54.2 Å². The Balaban J connectivity index is 2.38. The molecule has 2 N–H and O–H groups in total. The van der Waals surface area contributed by atoms with Gasteiger partial charge in [0.2, 0.25) is 0 Å². The largest absolute Gasteiger partial charge is 0.478 e. The van der Waals surface area contributed by atoms with Crippen molar-refractivity contribution in [3.8, 4) is 0 Å². The summed E-state index contributed by atoms with van der Waals surface area (Å²) in [6.07, 6.45) is 0.820. The second kappa shape index (κ2) is 9.98. The number of rotatable bonds is 10. The summed E-state index contributed by atoms with van der Waals surface area (Å²) in [5.41, 5.74) is 1.95. The van der Waals surface area contributed by atoms with E-state index in [9.17, 15) is 18.3 Å². The van der Waals surface area contributed by atoms with E-state index in [0.29, 0.717) is 30.6 Å². The zero-order valence-corrected chi connectivity index (χ0v) is 19.2. The molecule has 2 rings (SSSR count). The Labute approximate surface area is 180 Å². The summed E-state index contributed by atoms with van der Waals surface area (Å²) in [4.78, 5) is 14.1. The number of sulfonamides is 1. The summed E-state index contributed by atoms with van der Waals surface area (Å²) in [5.74, 6) is -0.375. The second-order valence-corrected chi connectivity index (χ2v) is 10.0. The number of aryl methyl sites for hydroxylation is 1. The number of carbonyl (C=O) groups is 1. The molecule has 0 saturated heterocycles. The SMILES string of the molecule is CCc1ccc(S(=O)(=O)Nc2ccc(N(CC(C)C)CC(C)C)c(C(=O)O)c2)cc1. The molecule has 0 spiro atoms. The van der Waals surface area contributed by atoms with E-state index in [-0.39, 0.29) is 16.1 Å². The van der Waals surface area contributed by atoms with E-state index in [2.05, 4.69) is 37.3 Å². The first-order chi connectivity index (χ1) is 14.0. The molecule has 164 valence electrons. The van der Waals surface area contributed by atoms with Crippen molar-refractivity contribution >= 4 is 27.4 Å². The maximum absolute atomic E-state index is 12.7. The molecule has 0 unspecified atom stereocenters. The summed E-state index contributed by atoms with van der Waals surface area (Å²) >= 11 is 0. The van der Waals surface area contributed by atoms with E-state index in [1.54, 1.807) is 36.4 Å². The van der Waals surface area contributed by atoms with Crippen LogP contribution in [0.3, 0.4) is 0 Å². The van der Waals surface area contributed by atoms with Crippen LogP contribution in [0.1, 0.15) is 50.5 Å². The van der Waals surface area contributed by atoms with Gasteiger partial charge in [0, 0.05) is 18.8 Å². The standard InChI is InChI=1S/C23H32N2O4S/c1-6-18-7-10-20(11-8-18)30(28,29)24-19-9-12-22(21(13-19)23(26)27)25(14-16(2)3)15-17(4)5/h7-13,16-17,24H,6,14-15H2,1-5H3,(H,26,27). The average molecular weight is 433 g/mol. The van der Waals surface area contributed by atoms with Crippen LogP contribution in [0, 0.1) is 11.8 Å². The van der Waals surface area contributed by atoms with E-state index in [1.165, 1.54) is 6.07 Å². The first-order valence-electron chi connectivity index (χ1n) is 10.3. The van der Waals surface area contributed by atoms with Crippen molar-refractivity contribution in [1.82, 2.24) is 0 Å². The van der Waals surface area contributed by atoms with Gasteiger partial charge in [-0.25, -0.2) is 13.2 Å². The van der Waals surface area contributed by atoms with E-state index >= 15 is 0 Å². The molecule has 0 aliphatic rings. The number of hydrogen-bond acceptors (Lipinski definition) is 4. The molecule has 0 radical (unpaired) electrons. The number of aromatic carboxylic acids is 1. The Hall–Kier alpha value is -2.54. The second-order valence-electron chi connectivity index (χ2n) is 8.33. The number of anilines is 2. The summed E-state index contributed by atoms with van der Waals surface area (Å²) in [6.45, 7) is 11.8. The van der Waals surface area contributed by atoms with Gasteiger partial charge in [-0.2, -0.15) is 0 Å². The highest BCUT2D eigenvalue weighted by molar-refractivity contribution is 7.92. The lowest BCUT2D eigenvalue weighted by Gasteiger charge is -2.30. The summed E-state index contributed by atoms with van der Waals surface area (Å²) in [5, 5.41) is 9.78. The minimum Gasteiger partial charge on any atom is -0.478 e. The van der Waals surface area contributed by atoms with Crippen molar-refractivity contribution < 1.29 is 18.3 Å². The smallest absolute Gasteiger partial charge is 0.337 e. The summed E-state index contributed by atoms with van der Waals surface area (Å²) in [7, 11) is -3.81. The normalized spacial score (nSPS) is 11.7. The van der Waals surface area contributed by atoms with Crippen LogP contribution in [0.15, 0.2) is 47.4 Å². The minimum atomic E-state index is -3.81. The van der Waals surface area contributed by atoms with Crippen LogP contribution in [0.2, 0.25) is 0 Å². The van der Waals surface area contributed by atoms with Crippen molar-refractivity contribution in [2.45, 2.75) is 45.9 Å². The average Bonchev–Trinajstić information content (AvgIpc) is 2.66. The minimum absolute atomic E-state index is 0.0813. The van der Waals surface area contributed by atoms with Gasteiger partial charge in [-0.15, -0.1) is 0 Å². The van der Waals surface area contributed by atoms with Crippen molar-refractivity contribution in [2.75, 3.05) is 22.7 Å². The van der Waals surface area contributed by atoms with Crippen molar-refractivity contribution in [3.63, 3.8) is 0 Å². The predicted octanol–water partition coefficient (Wildman–Crippen LogP) is 4.87. The van der Waals surface area contributed by atoms with Gasteiger partial charge in [0.25, 0.3) is 10.0 Å². The summed E-state index contributed by atoms with van der Waals surface area (Å²) in [6, 6.07) is 11.4. The molecule has 30 heavy (non-hydrogen) atoms. The molecular formula is C23H32N2O4S. The van der Waals surface area contributed by atoms with Gasteiger partial charge in [-0.1, -0.05) is 46.8 Å². The highest BCUT2D eigenvalue weighted by Crippen LogP contribution is 2.28. The van der Waals surface area contributed by atoms with Crippen LogP contribution < -0.4 is 9.62 Å². The van der Waals surface area contributed by atoms with E-state index < -0.39 is 16.0 Å². The van der Waals surface area contributed by atoms with Crippen molar-refractivity contribution in [3.05, 3.63) is 53.6 Å². The molecule has 7 heteroatoms. The molecule has 0 aliphatic carbocycles. The third kappa shape index (κ3) is 6.23. The van der Waals surface area contributed by atoms with E-state index in [1.807, 2.05) is 6.92 Å². The fourth-order valence-corrected chi connectivity index (χ4v) is 4.37. The van der Waals surface area contributed by atoms with Crippen molar-refractivity contribution in [2.24, 2.45) is 11.8 Å². The van der Waals surface area contributed by atoms with Crippen LogP contribution >= 0.6 is 0 Å². The van der Waals surface area contributed by atoms with E-state index in [4.69, 9.17) is 0 Å². The fraction of sp³-hybridized carbons (Fsp3) is 0.435. The van der Waals surface area contributed by atoms with Crippen molar-refractivity contribution in [1.29, 1.82) is 0 Å². The Morgan fingerprint density at radius 3 is 2.03 bits per heavy atom. The highest BCUT2D eigenvalue weighted by Gasteiger charge is 2.21. The number of nitrogens with one attached hydrogen (secondary N) is 1. The fourth-order valence-electron chi connectivity index (χ4n) is 3.32. The molecule has 6 nitrogen and oxygen atoms in total. The molecule has 0 aromatic heterocycles. The van der Waals surface area contributed by atoms with Crippen LogP contribution in [-0.4, -0.2) is 32.6 Å². The third-order valence-electron chi connectivity index (χ3n) is 4.63. The molecule has 0 atom stereocenters. The number of carboxylic acids is 1. The van der Waals surface area contributed by atoms with Gasteiger partial charge in [0.1, 0.15) is 0 Å². The monoisotopic (exact) mass is 432 g/mol. The molecule has 2 aromatic carbocycles. The maximum Gasteiger partial charge on any atom is 0.337 e. The van der Waals surface area contributed by atoms with Crippen LogP contribution in [0.5, 0.6) is 0 Å². The quantitative estimate of drug-likeness (QED) is 0.559. The van der Waals surface area contributed by atoms with Crippen LogP contribution in [0.4, 0.5) is 11.4 Å². The Morgan fingerprint density at radius 1 is 1.00 bits per heavy atom. The molecule has 0 amide bonds. The lowest BCUT2D eigenvalue weighted by molar-refractivity contribution is 0.0697. The predicted molar refractivity (Wildman–Crippen MR) is 122 cm³/mol.